The van der Waals surface area contributed by atoms with E-state index in [9.17, 15) is 27.6 Å². The highest BCUT2D eigenvalue weighted by Gasteiger charge is 2.40. The summed E-state index contributed by atoms with van der Waals surface area (Å²) in [4.78, 5) is 45.3. The lowest BCUT2D eigenvalue weighted by Gasteiger charge is -2.30. The summed E-state index contributed by atoms with van der Waals surface area (Å²) in [6.45, 7) is -0.197. The van der Waals surface area contributed by atoms with Crippen molar-refractivity contribution in [3.63, 3.8) is 0 Å². The lowest BCUT2D eigenvalue weighted by molar-refractivity contribution is -0.142. The smallest absolute Gasteiger partial charge is 0.367 e. The summed E-state index contributed by atoms with van der Waals surface area (Å²) >= 11 is 5.81. The average molecular weight is 442 g/mol. The number of pyridine rings is 2. The summed E-state index contributed by atoms with van der Waals surface area (Å²) in [7, 11) is 0. The molecule has 1 aliphatic rings. The van der Waals surface area contributed by atoms with Gasteiger partial charge in [0, 0.05) is 37.6 Å². The molecule has 0 aliphatic carbocycles. The highest BCUT2D eigenvalue weighted by atomic mass is 35.5. The number of carbonyl (C=O) groups is 3. The summed E-state index contributed by atoms with van der Waals surface area (Å²) in [6, 6.07) is 4.89. The molecular formula is C18H15ClF3N5O3. The fraction of sp³-hybridized carbons (Fsp3) is 0.278. The predicted molar refractivity (Wildman–Crippen MR) is 99.4 cm³/mol. The van der Waals surface area contributed by atoms with Crippen molar-refractivity contribution in [2.24, 2.45) is 5.92 Å². The third-order valence-electron chi connectivity index (χ3n) is 4.29. The molecule has 0 radical (unpaired) electrons. The Kier molecular flexibility index (Phi) is 6.20. The minimum absolute atomic E-state index is 0.0228. The molecule has 1 aliphatic heterocycles. The highest BCUT2D eigenvalue weighted by molar-refractivity contribution is 6.33. The Hall–Kier alpha value is -3.21. The molecule has 158 valence electrons. The number of rotatable bonds is 6. The van der Waals surface area contributed by atoms with Gasteiger partial charge in [-0.05, 0) is 18.2 Å². The Morgan fingerprint density at radius 2 is 1.97 bits per heavy atom. The first kappa shape index (κ1) is 21.5. The molecule has 0 bridgehead atoms. The Morgan fingerprint density at radius 3 is 2.60 bits per heavy atom. The van der Waals surface area contributed by atoms with E-state index in [1.165, 1.54) is 6.20 Å². The summed E-state index contributed by atoms with van der Waals surface area (Å²) in [5, 5.41) is 4.53. The number of halogens is 4. The molecule has 0 unspecified atom stereocenters. The number of imide groups is 2. The number of anilines is 1. The van der Waals surface area contributed by atoms with Gasteiger partial charge < -0.3 is 5.32 Å². The van der Waals surface area contributed by atoms with Gasteiger partial charge in [0.15, 0.2) is 0 Å². The van der Waals surface area contributed by atoms with Crippen molar-refractivity contribution in [1.82, 2.24) is 20.2 Å². The zero-order valence-corrected chi connectivity index (χ0v) is 16.0. The molecule has 1 atom stereocenters. The van der Waals surface area contributed by atoms with E-state index in [4.69, 9.17) is 11.6 Å². The van der Waals surface area contributed by atoms with Crippen LogP contribution in [0.4, 0.5) is 23.8 Å². The number of nitrogens with zero attached hydrogens (tertiary/aromatic N) is 3. The van der Waals surface area contributed by atoms with Crippen LogP contribution in [0.5, 0.6) is 0 Å². The number of aromatic nitrogens is 2. The Morgan fingerprint density at radius 1 is 1.20 bits per heavy atom. The van der Waals surface area contributed by atoms with Gasteiger partial charge in [0.05, 0.1) is 10.6 Å². The van der Waals surface area contributed by atoms with Gasteiger partial charge in [0.2, 0.25) is 11.8 Å². The average Bonchev–Trinajstić information content (AvgIpc) is 2.68. The maximum absolute atomic E-state index is 12.7. The van der Waals surface area contributed by atoms with E-state index in [1.807, 2.05) is 0 Å². The third kappa shape index (κ3) is 4.85. The van der Waals surface area contributed by atoms with Crippen LogP contribution in [-0.2, 0) is 22.2 Å². The molecule has 0 saturated carbocycles. The van der Waals surface area contributed by atoms with Crippen molar-refractivity contribution < 1.29 is 27.6 Å². The van der Waals surface area contributed by atoms with Crippen LogP contribution in [0, 0.1) is 5.92 Å². The van der Waals surface area contributed by atoms with E-state index >= 15 is 0 Å². The minimum atomic E-state index is -4.58. The second-order valence-electron chi connectivity index (χ2n) is 6.34. The molecule has 2 aromatic rings. The van der Waals surface area contributed by atoms with E-state index in [-0.39, 0.29) is 30.4 Å². The molecule has 0 spiro atoms. The molecule has 12 heteroatoms. The van der Waals surface area contributed by atoms with Crippen molar-refractivity contribution in [1.29, 1.82) is 0 Å². The zero-order valence-electron chi connectivity index (χ0n) is 15.2. The van der Waals surface area contributed by atoms with Crippen LogP contribution in [0.2, 0.25) is 5.02 Å². The quantitative estimate of drug-likeness (QED) is 0.667. The molecule has 0 aromatic carbocycles. The number of nitrogens with one attached hydrogen (secondary N) is 2. The topological polar surface area (TPSA) is 104 Å². The molecule has 2 aromatic heterocycles. The Balaban J connectivity index is 1.63. The first-order chi connectivity index (χ1) is 14.2. The lowest BCUT2D eigenvalue weighted by atomic mass is 9.98. The molecule has 3 rings (SSSR count). The Bertz CT molecular complexity index is 971. The van der Waals surface area contributed by atoms with Gasteiger partial charge in [-0.25, -0.2) is 9.78 Å². The van der Waals surface area contributed by atoms with Gasteiger partial charge in [0.1, 0.15) is 11.7 Å². The predicted octanol–water partition coefficient (Wildman–Crippen LogP) is 2.50. The van der Waals surface area contributed by atoms with Crippen molar-refractivity contribution in [3.8, 4) is 0 Å². The van der Waals surface area contributed by atoms with Crippen molar-refractivity contribution in [2.45, 2.75) is 12.6 Å². The van der Waals surface area contributed by atoms with E-state index in [0.717, 1.165) is 11.0 Å². The van der Waals surface area contributed by atoms with Crippen LogP contribution >= 0.6 is 11.6 Å². The summed E-state index contributed by atoms with van der Waals surface area (Å²) in [5.41, 5.74) is -0.487. The lowest BCUT2D eigenvalue weighted by Crippen LogP contribution is -2.59. The van der Waals surface area contributed by atoms with Gasteiger partial charge in [-0.1, -0.05) is 17.7 Å². The van der Waals surface area contributed by atoms with Gasteiger partial charge >= 0.3 is 12.2 Å². The number of carbonyl (C=O) groups excluding carboxylic acids is 3. The van der Waals surface area contributed by atoms with Gasteiger partial charge in [0.25, 0.3) is 0 Å². The summed E-state index contributed by atoms with van der Waals surface area (Å²) in [5.74, 6) is -2.56. The SMILES string of the molecule is O=C1NC(=O)N(CCNc2ncc(C(F)(F)F)cc2Cl)C(=O)[C@@H]1Cc1ccccn1. The molecule has 3 heterocycles. The molecule has 4 amide bonds. The molecule has 30 heavy (non-hydrogen) atoms. The van der Waals surface area contributed by atoms with Crippen LogP contribution in [-0.4, -0.2) is 45.8 Å². The van der Waals surface area contributed by atoms with Crippen LogP contribution in [0.1, 0.15) is 11.3 Å². The van der Waals surface area contributed by atoms with Crippen LogP contribution in [0.15, 0.2) is 36.7 Å². The van der Waals surface area contributed by atoms with Crippen LogP contribution < -0.4 is 10.6 Å². The van der Waals surface area contributed by atoms with E-state index in [0.29, 0.717) is 11.9 Å². The number of hydrogen-bond acceptors (Lipinski definition) is 6. The van der Waals surface area contributed by atoms with Gasteiger partial charge in [-0.15, -0.1) is 0 Å². The van der Waals surface area contributed by atoms with Crippen LogP contribution in [0.25, 0.3) is 0 Å². The van der Waals surface area contributed by atoms with Crippen LogP contribution in [0.3, 0.4) is 0 Å². The second kappa shape index (κ2) is 8.66. The fourth-order valence-electron chi connectivity index (χ4n) is 2.79. The maximum Gasteiger partial charge on any atom is 0.417 e. The Labute approximate surface area is 173 Å². The molecule has 1 saturated heterocycles. The van der Waals surface area contributed by atoms with Crippen molar-refractivity contribution >= 4 is 35.3 Å². The van der Waals surface area contributed by atoms with E-state index in [2.05, 4.69) is 20.6 Å². The number of alkyl halides is 3. The monoisotopic (exact) mass is 441 g/mol. The van der Waals surface area contributed by atoms with E-state index in [1.54, 1.807) is 18.2 Å². The standard InChI is InChI=1S/C18H15ClF3N5O3/c19-13-7-10(18(20,21)22)9-25-14(13)24-5-6-27-16(29)12(15(28)26-17(27)30)8-11-3-1-2-4-23-11/h1-4,7,9,12H,5-6,8H2,(H,24,25)(H,26,28,30)/t12-/m1/s1. The first-order valence-electron chi connectivity index (χ1n) is 8.69. The second-order valence-corrected chi connectivity index (χ2v) is 6.75. The van der Waals surface area contributed by atoms with Crippen molar-refractivity contribution in [3.05, 3.63) is 52.9 Å². The third-order valence-corrected chi connectivity index (χ3v) is 4.58. The first-order valence-corrected chi connectivity index (χ1v) is 9.07. The number of amides is 4. The van der Waals surface area contributed by atoms with Gasteiger partial charge in [-0.3, -0.25) is 24.8 Å². The summed E-state index contributed by atoms with van der Waals surface area (Å²) in [6.07, 6.45) is -2.42. The maximum atomic E-state index is 12.7. The normalized spacial score (nSPS) is 17.1. The molecule has 1 fully saturated rings. The fourth-order valence-corrected chi connectivity index (χ4v) is 3.02. The van der Waals surface area contributed by atoms with Gasteiger partial charge in [-0.2, -0.15) is 13.2 Å². The van der Waals surface area contributed by atoms with E-state index < -0.39 is 35.5 Å². The number of barbiturate groups is 1. The molecule has 2 N–H and O–H groups in total. The largest absolute Gasteiger partial charge is 0.417 e. The molecule has 8 nitrogen and oxygen atoms in total. The number of urea groups is 1. The minimum Gasteiger partial charge on any atom is -0.367 e. The van der Waals surface area contributed by atoms with Crippen molar-refractivity contribution in [2.75, 3.05) is 18.4 Å². The molecular weight excluding hydrogens is 427 g/mol. The zero-order chi connectivity index (χ0) is 21.9. The number of hydrogen-bond donors (Lipinski definition) is 2. The highest BCUT2D eigenvalue weighted by Crippen LogP contribution is 2.32. The summed E-state index contributed by atoms with van der Waals surface area (Å²) < 4.78 is 38.0.